The molecule has 1 heterocycles. The highest BCUT2D eigenvalue weighted by Crippen LogP contribution is 2.36. The summed E-state index contributed by atoms with van der Waals surface area (Å²) in [6, 6.07) is 16.3. The van der Waals surface area contributed by atoms with Crippen LogP contribution in [0.2, 0.25) is 0 Å². The molecule has 1 aliphatic rings. The van der Waals surface area contributed by atoms with Crippen LogP contribution in [0.25, 0.3) is 0 Å². The first-order chi connectivity index (χ1) is 8.36. The van der Waals surface area contributed by atoms with E-state index in [0.717, 1.165) is 17.9 Å². The van der Waals surface area contributed by atoms with Crippen molar-refractivity contribution in [2.45, 2.75) is 12.5 Å². The first-order valence-corrected chi connectivity index (χ1v) is 5.75. The van der Waals surface area contributed by atoms with Crippen LogP contribution in [0.3, 0.4) is 0 Å². The summed E-state index contributed by atoms with van der Waals surface area (Å²) in [5.41, 5.74) is 2.48. The van der Waals surface area contributed by atoms with Gasteiger partial charge in [-0.25, -0.2) is 0 Å². The number of methoxy groups -OCH3 is 1. The molecule has 0 bridgehead atoms. The van der Waals surface area contributed by atoms with Crippen molar-refractivity contribution in [1.82, 2.24) is 0 Å². The standard InChI is InChI=1S/C15H14O2/c1-16-13-8-6-11(7-9-13)15-10-12-4-2-3-5-14(12)17-15/h2-9,15H,10H2,1H3/t15-/m0/s1. The zero-order chi connectivity index (χ0) is 11.7. The molecule has 0 fully saturated rings. The van der Waals surface area contributed by atoms with Crippen LogP contribution in [0, 0.1) is 0 Å². The van der Waals surface area contributed by atoms with Gasteiger partial charge in [-0.2, -0.15) is 0 Å². The second-order valence-electron chi connectivity index (χ2n) is 4.19. The molecule has 1 aliphatic heterocycles. The van der Waals surface area contributed by atoms with Crippen molar-refractivity contribution in [1.29, 1.82) is 0 Å². The maximum atomic E-state index is 5.93. The summed E-state index contributed by atoms with van der Waals surface area (Å²) in [6.07, 6.45) is 1.08. The van der Waals surface area contributed by atoms with Gasteiger partial charge in [0.05, 0.1) is 7.11 Å². The molecule has 0 aromatic heterocycles. The van der Waals surface area contributed by atoms with Gasteiger partial charge in [-0.05, 0) is 29.3 Å². The molecule has 0 saturated carbocycles. The third-order valence-electron chi connectivity index (χ3n) is 3.13. The normalized spacial score (nSPS) is 17.4. The Morgan fingerprint density at radius 1 is 1.06 bits per heavy atom. The van der Waals surface area contributed by atoms with Gasteiger partial charge in [0.2, 0.25) is 0 Å². The first-order valence-electron chi connectivity index (χ1n) is 5.75. The number of ether oxygens (including phenoxy) is 2. The van der Waals surface area contributed by atoms with Gasteiger partial charge in [-0.1, -0.05) is 30.3 Å². The predicted octanol–water partition coefficient (Wildman–Crippen LogP) is 3.37. The van der Waals surface area contributed by atoms with Crippen LogP contribution in [-0.4, -0.2) is 7.11 Å². The van der Waals surface area contributed by atoms with Gasteiger partial charge in [0, 0.05) is 6.42 Å². The average Bonchev–Trinajstić information content (AvgIpc) is 2.82. The van der Waals surface area contributed by atoms with Crippen molar-refractivity contribution in [2.75, 3.05) is 7.11 Å². The van der Waals surface area contributed by atoms with E-state index in [1.165, 1.54) is 11.1 Å². The molecule has 0 spiro atoms. The van der Waals surface area contributed by atoms with Gasteiger partial charge in [0.15, 0.2) is 0 Å². The van der Waals surface area contributed by atoms with Crippen LogP contribution >= 0.6 is 0 Å². The van der Waals surface area contributed by atoms with E-state index in [0.29, 0.717) is 0 Å². The Balaban J connectivity index is 1.83. The van der Waals surface area contributed by atoms with Crippen molar-refractivity contribution < 1.29 is 9.47 Å². The molecule has 0 amide bonds. The summed E-state index contributed by atoms with van der Waals surface area (Å²) >= 11 is 0. The van der Waals surface area contributed by atoms with E-state index >= 15 is 0 Å². The fourth-order valence-corrected chi connectivity index (χ4v) is 2.19. The number of para-hydroxylation sites is 1. The van der Waals surface area contributed by atoms with E-state index in [1.807, 2.05) is 24.3 Å². The summed E-state index contributed by atoms with van der Waals surface area (Å²) in [4.78, 5) is 0. The Kier molecular flexibility index (Phi) is 2.48. The largest absolute Gasteiger partial charge is 0.497 e. The summed E-state index contributed by atoms with van der Waals surface area (Å²) in [5.74, 6) is 1.89. The van der Waals surface area contributed by atoms with Crippen LogP contribution in [0.1, 0.15) is 17.2 Å². The average molecular weight is 226 g/mol. The molecule has 86 valence electrons. The lowest BCUT2D eigenvalue weighted by atomic mass is 10.0. The third kappa shape index (κ3) is 1.86. The topological polar surface area (TPSA) is 18.5 Å². The van der Waals surface area contributed by atoms with Gasteiger partial charge in [-0.3, -0.25) is 0 Å². The van der Waals surface area contributed by atoms with Crippen LogP contribution in [0.15, 0.2) is 48.5 Å². The monoisotopic (exact) mass is 226 g/mol. The minimum absolute atomic E-state index is 0.137. The van der Waals surface area contributed by atoms with Gasteiger partial charge in [-0.15, -0.1) is 0 Å². The molecule has 2 nitrogen and oxygen atoms in total. The summed E-state index contributed by atoms with van der Waals surface area (Å²) in [6.45, 7) is 0. The highest BCUT2D eigenvalue weighted by atomic mass is 16.5. The smallest absolute Gasteiger partial charge is 0.128 e. The van der Waals surface area contributed by atoms with E-state index in [-0.39, 0.29) is 6.10 Å². The number of fused-ring (bicyclic) bond motifs is 1. The molecule has 0 unspecified atom stereocenters. The Bertz CT molecular complexity index is 492. The van der Waals surface area contributed by atoms with Crippen LogP contribution in [-0.2, 0) is 6.42 Å². The SMILES string of the molecule is COc1ccc([C@@H]2Cc3ccccc3O2)cc1. The molecule has 0 aliphatic carbocycles. The first kappa shape index (κ1) is 10.2. The van der Waals surface area contributed by atoms with Gasteiger partial charge >= 0.3 is 0 Å². The van der Waals surface area contributed by atoms with Crippen LogP contribution in [0.4, 0.5) is 0 Å². The number of hydrogen-bond donors (Lipinski definition) is 0. The lowest BCUT2D eigenvalue weighted by Crippen LogP contribution is -2.02. The van der Waals surface area contributed by atoms with E-state index in [2.05, 4.69) is 24.3 Å². The molecular weight excluding hydrogens is 212 g/mol. The molecular formula is C15H14O2. The molecule has 17 heavy (non-hydrogen) atoms. The number of rotatable bonds is 2. The quantitative estimate of drug-likeness (QED) is 0.781. The van der Waals surface area contributed by atoms with Crippen LogP contribution < -0.4 is 9.47 Å². The maximum absolute atomic E-state index is 5.93. The molecule has 2 heteroatoms. The Morgan fingerprint density at radius 3 is 2.53 bits per heavy atom. The molecule has 1 atom stereocenters. The maximum Gasteiger partial charge on any atom is 0.128 e. The summed E-state index contributed by atoms with van der Waals surface area (Å²) in [7, 11) is 1.68. The number of benzene rings is 2. The second kappa shape index (κ2) is 4.13. The van der Waals surface area contributed by atoms with Crippen molar-refractivity contribution >= 4 is 0 Å². The molecule has 3 rings (SSSR count). The summed E-state index contributed by atoms with van der Waals surface area (Å²) < 4.78 is 11.1. The Hall–Kier alpha value is -1.96. The highest BCUT2D eigenvalue weighted by Gasteiger charge is 2.23. The predicted molar refractivity (Wildman–Crippen MR) is 66.5 cm³/mol. The van der Waals surface area contributed by atoms with Crippen molar-refractivity contribution in [2.24, 2.45) is 0 Å². The van der Waals surface area contributed by atoms with Crippen molar-refractivity contribution in [3.05, 3.63) is 59.7 Å². The van der Waals surface area contributed by atoms with Gasteiger partial charge in [0.25, 0.3) is 0 Å². The van der Waals surface area contributed by atoms with Gasteiger partial charge < -0.3 is 9.47 Å². The summed E-state index contributed by atoms with van der Waals surface area (Å²) in [5, 5.41) is 0. The third-order valence-corrected chi connectivity index (χ3v) is 3.13. The molecule has 0 N–H and O–H groups in total. The second-order valence-corrected chi connectivity index (χ2v) is 4.19. The zero-order valence-electron chi connectivity index (χ0n) is 9.72. The van der Waals surface area contributed by atoms with Crippen molar-refractivity contribution in [3.63, 3.8) is 0 Å². The molecule has 2 aromatic carbocycles. The minimum Gasteiger partial charge on any atom is -0.497 e. The Morgan fingerprint density at radius 2 is 1.82 bits per heavy atom. The fourth-order valence-electron chi connectivity index (χ4n) is 2.19. The molecule has 2 aromatic rings. The van der Waals surface area contributed by atoms with E-state index in [4.69, 9.17) is 9.47 Å². The number of hydrogen-bond acceptors (Lipinski definition) is 2. The van der Waals surface area contributed by atoms with Crippen LogP contribution in [0.5, 0.6) is 11.5 Å². The van der Waals surface area contributed by atoms with Crippen molar-refractivity contribution in [3.8, 4) is 11.5 Å². The minimum atomic E-state index is 0.137. The lowest BCUT2D eigenvalue weighted by Gasteiger charge is -2.11. The zero-order valence-corrected chi connectivity index (χ0v) is 9.72. The Labute approximate surface area is 101 Å². The molecule has 0 radical (unpaired) electrons. The lowest BCUT2D eigenvalue weighted by molar-refractivity contribution is 0.238. The fraction of sp³-hybridized carbons (Fsp3) is 0.200. The van der Waals surface area contributed by atoms with E-state index in [1.54, 1.807) is 7.11 Å². The van der Waals surface area contributed by atoms with E-state index in [9.17, 15) is 0 Å². The molecule has 0 saturated heterocycles. The highest BCUT2D eigenvalue weighted by molar-refractivity contribution is 5.40. The van der Waals surface area contributed by atoms with Gasteiger partial charge in [0.1, 0.15) is 17.6 Å². The van der Waals surface area contributed by atoms with E-state index < -0.39 is 0 Å².